The second kappa shape index (κ2) is 7.04. The van der Waals surface area contributed by atoms with Crippen LogP contribution in [0.2, 0.25) is 10.0 Å². The number of aliphatic hydroxyl groups is 1. The van der Waals surface area contributed by atoms with Crippen LogP contribution in [0.15, 0.2) is 53.1 Å². The molecule has 0 fully saturated rings. The first-order chi connectivity index (χ1) is 11.2. The fourth-order valence-corrected chi connectivity index (χ4v) is 2.57. The van der Waals surface area contributed by atoms with E-state index < -0.39 is 0 Å². The fraction of sp³-hybridized carbons (Fsp3) is 0.118. The van der Waals surface area contributed by atoms with E-state index in [4.69, 9.17) is 37.5 Å². The van der Waals surface area contributed by atoms with Gasteiger partial charge in [0.15, 0.2) is 0 Å². The maximum atomic E-state index is 8.97. The quantitative estimate of drug-likeness (QED) is 0.723. The van der Waals surface area contributed by atoms with Crippen molar-refractivity contribution in [3.63, 3.8) is 0 Å². The standard InChI is InChI=1S/C17H13Cl2NO3/c18-14-2-1-3-15(19)13(14)9-22-12-6-4-11(5-7-12)16-10-23-17(8-21)20-16/h1-7,10,21H,8-9H2. The van der Waals surface area contributed by atoms with E-state index in [-0.39, 0.29) is 19.1 Å². The predicted octanol–water partition coefficient (Wildman–Crippen LogP) is 4.72. The highest BCUT2D eigenvalue weighted by atomic mass is 35.5. The minimum Gasteiger partial charge on any atom is -0.489 e. The minimum atomic E-state index is -0.222. The second-order valence-electron chi connectivity index (χ2n) is 4.80. The van der Waals surface area contributed by atoms with Crippen molar-refractivity contribution in [1.29, 1.82) is 0 Å². The summed E-state index contributed by atoms with van der Waals surface area (Å²) in [6, 6.07) is 12.7. The highest BCUT2D eigenvalue weighted by Gasteiger charge is 2.08. The van der Waals surface area contributed by atoms with Crippen molar-refractivity contribution in [2.45, 2.75) is 13.2 Å². The van der Waals surface area contributed by atoms with Gasteiger partial charge in [0.25, 0.3) is 0 Å². The van der Waals surface area contributed by atoms with Crippen molar-refractivity contribution in [2.75, 3.05) is 0 Å². The van der Waals surface area contributed by atoms with Gasteiger partial charge in [-0.25, -0.2) is 4.98 Å². The molecule has 0 amide bonds. The van der Waals surface area contributed by atoms with E-state index in [1.54, 1.807) is 18.2 Å². The Kier molecular flexibility index (Phi) is 4.86. The first kappa shape index (κ1) is 15.9. The van der Waals surface area contributed by atoms with E-state index in [0.29, 0.717) is 21.5 Å². The molecule has 0 bridgehead atoms. The molecule has 0 spiro atoms. The molecule has 1 aromatic heterocycles. The van der Waals surface area contributed by atoms with Crippen LogP contribution in [0.3, 0.4) is 0 Å². The molecule has 0 aliphatic heterocycles. The molecule has 23 heavy (non-hydrogen) atoms. The van der Waals surface area contributed by atoms with Crippen molar-refractivity contribution >= 4 is 23.2 Å². The summed E-state index contributed by atoms with van der Waals surface area (Å²) in [5.41, 5.74) is 2.29. The van der Waals surface area contributed by atoms with Crippen LogP contribution in [0, 0.1) is 0 Å². The van der Waals surface area contributed by atoms with Gasteiger partial charge >= 0.3 is 0 Å². The lowest BCUT2D eigenvalue weighted by Crippen LogP contribution is -1.97. The van der Waals surface area contributed by atoms with E-state index in [9.17, 15) is 0 Å². The molecule has 0 unspecified atom stereocenters. The summed E-state index contributed by atoms with van der Waals surface area (Å²) in [4.78, 5) is 4.15. The van der Waals surface area contributed by atoms with Crippen LogP contribution in [0.4, 0.5) is 0 Å². The van der Waals surface area contributed by atoms with Crippen molar-refractivity contribution < 1.29 is 14.3 Å². The maximum Gasteiger partial charge on any atom is 0.220 e. The first-order valence-corrected chi connectivity index (χ1v) is 7.64. The smallest absolute Gasteiger partial charge is 0.220 e. The molecule has 4 nitrogen and oxygen atoms in total. The Balaban J connectivity index is 1.70. The zero-order valence-corrected chi connectivity index (χ0v) is 13.5. The van der Waals surface area contributed by atoms with Crippen molar-refractivity contribution in [3.05, 3.63) is 70.2 Å². The molecule has 0 saturated heterocycles. The van der Waals surface area contributed by atoms with Crippen LogP contribution in [-0.2, 0) is 13.2 Å². The van der Waals surface area contributed by atoms with Gasteiger partial charge in [-0.15, -0.1) is 0 Å². The SMILES string of the molecule is OCc1nc(-c2ccc(OCc3c(Cl)cccc3Cl)cc2)co1. The van der Waals surface area contributed by atoms with Crippen molar-refractivity contribution in [3.8, 4) is 17.0 Å². The highest BCUT2D eigenvalue weighted by molar-refractivity contribution is 6.35. The highest BCUT2D eigenvalue weighted by Crippen LogP contribution is 2.27. The van der Waals surface area contributed by atoms with E-state index in [1.807, 2.05) is 24.3 Å². The Morgan fingerprint density at radius 1 is 1.04 bits per heavy atom. The molecule has 0 aliphatic rings. The normalized spacial score (nSPS) is 10.7. The molecule has 0 saturated carbocycles. The maximum absolute atomic E-state index is 8.97. The van der Waals surface area contributed by atoms with Gasteiger partial charge in [-0.1, -0.05) is 29.3 Å². The van der Waals surface area contributed by atoms with Crippen LogP contribution < -0.4 is 4.74 Å². The zero-order valence-electron chi connectivity index (χ0n) is 12.0. The molecule has 3 rings (SSSR count). The average Bonchev–Trinajstić information content (AvgIpc) is 3.04. The summed E-state index contributed by atoms with van der Waals surface area (Å²) < 4.78 is 10.8. The molecule has 0 aliphatic carbocycles. The predicted molar refractivity (Wildman–Crippen MR) is 88.7 cm³/mol. The zero-order chi connectivity index (χ0) is 16.2. The number of benzene rings is 2. The third-order valence-corrected chi connectivity index (χ3v) is 3.99. The molecule has 6 heteroatoms. The molecule has 118 valence electrons. The van der Waals surface area contributed by atoms with Gasteiger partial charge in [0, 0.05) is 21.2 Å². The van der Waals surface area contributed by atoms with E-state index in [1.165, 1.54) is 6.26 Å². The molecule has 2 aromatic carbocycles. The third kappa shape index (κ3) is 3.67. The van der Waals surface area contributed by atoms with E-state index in [0.717, 1.165) is 11.1 Å². The molecule has 0 atom stereocenters. The average molecular weight is 350 g/mol. The summed E-state index contributed by atoms with van der Waals surface area (Å²) in [6.07, 6.45) is 1.50. The summed E-state index contributed by atoms with van der Waals surface area (Å²) in [5, 5.41) is 10.1. The Morgan fingerprint density at radius 2 is 1.74 bits per heavy atom. The second-order valence-corrected chi connectivity index (χ2v) is 5.61. The fourth-order valence-electron chi connectivity index (χ4n) is 2.06. The first-order valence-electron chi connectivity index (χ1n) is 6.89. The number of nitrogens with zero attached hydrogens (tertiary/aromatic N) is 1. The number of hydrogen-bond acceptors (Lipinski definition) is 4. The Hall–Kier alpha value is -2.01. The van der Waals surface area contributed by atoms with Gasteiger partial charge in [-0.05, 0) is 36.4 Å². The van der Waals surface area contributed by atoms with E-state index >= 15 is 0 Å². The number of hydrogen-bond donors (Lipinski definition) is 1. The van der Waals surface area contributed by atoms with Crippen molar-refractivity contribution in [1.82, 2.24) is 4.98 Å². The van der Waals surface area contributed by atoms with Gasteiger partial charge in [-0.2, -0.15) is 0 Å². The number of halogens is 2. The number of ether oxygens (including phenoxy) is 1. The van der Waals surface area contributed by atoms with Gasteiger partial charge in [0.1, 0.15) is 30.9 Å². The number of aromatic nitrogens is 1. The van der Waals surface area contributed by atoms with Gasteiger partial charge in [0.2, 0.25) is 5.89 Å². The largest absolute Gasteiger partial charge is 0.489 e. The lowest BCUT2D eigenvalue weighted by molar-refractivity contribution is 0.240. The Morgan fingerprint density at radius 3 is 2.35 bits per heavy atom. The topological polar surface area (TPSA) is 55.5 Å². The monoisotopic (exact) mass is 349 g/mol. The van der Waals surface area contributed by atoms with Gasteiger partial charge in [0.05, 0.1) is 0 Å². The van der Waals surface area contributed by atoms with Gasteiger partial charge < -0.3 is 14.3 Å². The van der Waals surface area contributed by atoms with Crippen LogP contribution in [0.1, 0.15) is 11.5 Å². The summed E-state index contributed by atoms with van der Waals surface area (Å²) in [6.45, 7) is 0.0657. The molecule has 0 radical (unpaired) electrons. The summed E-state index contributed by atoms with van der Waals surface area (Å²) >= 11 is 12.2. The molecular formula is C17H13Cl2NO3. The minimum absolute atomic E-state index is 0.222. The van der Waals surface area contributed by atoms with Gasteiger partial charge in [-0.3, -0.25) is 0 Å². The van der Waals surface area contributed by atoms with Crippen LogP contribution >= 0.6 is 23.2 Å². The Bertz CT molecular complexity index is 780. The van der Waals surface area contributed by atoms with E-state index in [2.05, 4.69) is 4.98 Å². The molecule has 3 aromatic rings. The van der Waals surface area contributed by atoms with Crippen LogP contribution in [-0.4, -0.2) is 10.1 Å². The number of oxazole rings is 1. The summed E-state index contributed by atoms with van der Waals surface area (Å²) in [5.74, 6) is 0.976. The summed E-state index contributed by atoms with van der Waals surface area (Å²) in [7, 11) is 0. The lowest BCUT2D eigenvalue weighted by Gasteiger charge is -2.09. The number of rotatable bonds is 5. The van der Waals surface area contributed by atoms with Crippen LogP contribution in [0.5, 0.6) is 5.75 Å². The number of aliphatic hydroxyl groups excluding tert-OH is 1. The lowest BCUT2D eigenvalue weighted by atomic mass is 10.1. The molecule has 1 N–H and O–H groups in total. The van der Waals surface area contributed by atoms with Crippen molar-refractivity contribution in [2.24, 2.45) is 0 Å². The van der Waals surface area contributed by atoms with Crippen LogP contribution in [0.25, 0.3) is 11.3 Å². The molecule has 1 heterocycles. The molecular weight excluding hydrogens is 337 g/mol. The third-order valence-electron chi connectivity index (χ3n) is 3.28. The Labute approximate surface area is 143 Å².